The lowest BCUT2D eigenvalue weighted by Crippen LogP contribution is -2.32. The first kappa shape index (κ1) is 16.7. The summed E-state index contributed by atoms with van der Waals surface area (Å²) >= 11 is 0. The Morgan fingerprint density at radius 3 is 2.40 bits per heavy atom. The molecule has 0 aliphatic heterocycles. The molecule has 1 atom stereocenters. The molecule has 5 nitrogen and oxygen atoms in total. The van der Waals surface area contributed by atoms with Crippen LogP contribution in [0, 0.1) is 0 Å². The molecule has 0 bridgehead atoms. The molecule has 1 aromatic rings. The normalized spacial score (nSPS) is 13.1. The number of carboxylic acid groups (broad SMARTS) is 1. The molecule has 0 amide bonds. The van der Waals surface area contributed by atoms with Gasteiger partial charge >= 0.3 is 5.97 Å². The maximum atomic E-state index is 12.1. The summed E-state index contributed by atoms with van der Waals surface area (Å²) < 4.78 is 26.8. The van der Waals surface area contributed by atoms with Gasteiger partial charge in [-0.15, -0.1) is 0 Å². The average molecular weight is 299 g/mol. The van der Waals surface area contributed by atoms with E-state index in [2.05, 4.69) is 4.72 Å². The predicted molar refractivity (Wildman–Crippen MR) is 77.1 cm³/mol. The molecule has 0 heterocycles. The highest BCUT2D eigenvalue weighted by Gasteiger charge is 2.17. The molecule has 1 rings (SSSR count). The van der Waals surface area contributed by atoms with Crippen LogP contribution < -0.4 is 4.72 Å². The van der Waals surface area contributed by atoms with Crippen molar-refractivity contribution < 1.29 is 18.3 Å². The van der Waals surface area contributed by atoms with Crippen molar-refractivity contribution in [2.75, 3.05) is 0 Å². The monoisotopic (exact) mass is 299 g/mol. The number of hydrogen-bond acceptors (Lipinski definition) is 3. The molecule has 0 saturated heterocycles. The zero-order chi connectivity index (χ0) is 15.2. The number of nitrogens with one attached hydrogen (secondary N) is 1. The Kier molecular flexibility index (Phi) is 6.16. The zero-order valence-electron chi connectivity index (χ0n) is 11.8. The topological polar surface area (TPSA) is 83.5 Å². The van der Waals surface area contributed by atoms with E-state index in [0.29, 0.717) is 12.8 Å². The molecule has 6 heteroatoms. The van der Waals surface area contributed by atoms with Crippen LogP contribution in [-0.4, -0.2) is 25.5 Å². The first-order valence-corrected chi connectivity index (χ1v) is 8.16. The highest BCUT2D eigenvalue weighted by molar-refractivity contribution is 7.89. The van der Waals surface area contributed by atoms with Crippen LogP contribution in [0.3, 0.4) is 0 Å². The van der Waals surface area contributed by atoms with Gasteiger partial charge in [-0.1, -0.05) is 19.1 Å². The summed E-state index contributed by atoms with van der Waals surface area (Å²) in [6.45, 7) is 3.74. The average Bonchev–Trinajstić information content (AvgIpc) is 2.37. The van der Waals surface area contributed by atoms with Gasteiger partial charge in [0.2, 0.25) is 10.0 Å². The van der Waals surface area contributed by atoms with Crippen LogP contribution in [0.4, 0.5) is 0 Å². The maximum absolute atomic E-state index is 12.1. The van der Waals surface area contributed by atoms with Gasteiger partial charge in [-0.25, -0.2) is 13.1 Å². The van der Waals surface area contributed by atoms with E-state index in [1.807, 2.05) is 6.92 Å². The fraction of sp³-hybridized carbons (Fsp3) is 0.500. The lowest BCUT2D eigenvalue weighted by atomic mass is 10.1. The highest BCUT2D eigenvalue weighted by Crippen LogP contribution is 2.12. The Labute approximate surface area is 120 Å². The fourth-order valence-electron chi connectivity index (χ4n) is 1.86. The molecular weight excluding hydrogens is 278 g/mol. The second-order valence-electron chi connectivity index (χ2n) is 4.81. The van der Waals surface area contributed by atoms with Crippen LogP contribution in [-0.2, 0) is 21.2 Å². The minimum atomic E-state index is -3.53. The second kappa shape index (κ2) is 7.40. The Hall–Kier alpha value is -1.40. The van der Waals surface area contributed by atoms with E-state index in [1.165, 1.54) is 0 Å². The minimum absolute atomic E-state index is 0.0528. The predicted octanol–water partition coefficient (Wildman–Crippen LogP) is 2.17. The zero-order valence-corrected chi connectivity index (χ0v) is 12.6. The Balaban J connectivity index is 2.61. The molecule has 0 aromatic heterocycles. The summed E-state index contributed by atoms with van der Waals surface area (Å²) in [4.78, 5) is 10.6. The summed E-state index contributed by atoms with van der Waals surface area (Å²) in [7, 11) is -3.53. The van der Waals surface area contributed by atoms with E-state index in [1.54, 1.807) is 31.2 Å². The van der Waals surface area contributed by atoms with Gasteiger partial charge in [0.25, 0.3) is 0 Å². The third-order valence-corrected chi connectivity index (χ3v) is 4.63. The van der Waals surface area contributed by atoms with Crippen molar-refractivity contribution in [1.82, 2.24) is 4.72 Å². The number of benzene rings is 1. The first-order chi connectivity index (χ1) is 9.35. The van der Waals surface area contributed by atoms with Crippen molar-refractivity contribution in [3.63, 3.8) is 0 Å². The maximum Gasteiger partial charge on any atom is 0.303 e. The molecule has 0 fully saturated rings. The number of aryl methyl sites for hydroxylation is 1. The van der Waals surface area contributed by atoms with Gasteiger partial charge in [0.15, 0.2) is 0 Å². The van der Waals surface area contributed by atoms with Gasteiger partial charge in [-0.05, 0) is 43.9 Å². The van der Waals surface area contributed by atoms with E-state index in [9.17, 15) is 13.2 Å². The van der Waals surface area contributed by atoms with Crippen molar-refractivity contribution in [3.05, 3.63) is 29.8 Å². The number of carbonyl (C=O) groups is 1. The van der Waals surface area contributed by atoms with Gasteiger partial charge in [-0.3, -0.25) is 4.79 Å². The first-order valence-electron chi connectivity index (χ1n) is 6.68. The molecule has 112 valence electrons. The number of aliphatic carboxylic acids is 1. The molecule has 2 N–H and O–H groups in total. The van der Waals surface area contributed by atoms with Gasteiger partial charge in [0.1, 0.15) is 0 Å². The van der Waals surface area contributed by atoms with Crippen molar-refractivity contribution in [3.8, 4) is 0 Å². The summed E-state index contributed by atoms with van der Waals surface area (Å²) in [5.74, 6) is -0.866. The third-order valence-electron chi connectivity index (χ3n) is 3.03. The number of hydrogen-bond donors (Lipinski definition) is 2. The molecule has 1 aromatic carbocycles. The van der Waals surface area contributed by atoms with Gasteiger partial charge < -0.3 is 5.11 Å². The Bertz CT molecular complexity index is 537. The Morgan fingerprint density at radius 1 is 1.30 bits per heavy atom. The molecule has 0 spiro atoms. The smallest absolute Gasteiger partial charge is 0.303 e. The number of rotatable bonds is 8. The summed E-state index contributed by atoms with van der Waals surface area (Å²) in [5, 5.41) is 8.55. The van der Waals surface area contributed by atoms with Crippen LogP contribution in [0.1, 0.15) is 38.7 Å². The summed E-state index contributed by atoms with van der Waals surface area (Å²) in [5.41, 5.74) is 1.08. The quantitative estimate of drug-likeness (QED) is 0.770. The standard InChI is InChI=1S/C14H21NO4S/c1-3-12-7-9-13(10-8-12)20(18,19)15-11(2)5-4-6-14(16)17/h7-11,15H,3-6H2,1-2H3,(H,16,17). The lowest BCUT2D eigenvalue weighted by molar-refractivity contribution is -0.137. The van der Waals surface area contributed by atoms with Crippen molar-refractivity contribution in [1.29, 1.82) is 0 Å². The summed E-state index contributed by atoms with van der Waals surface area (Å²) in [6, 6.07) is 6.48. The molecule has 0 aliphatic carbocycles. The van der Waals surface area contributed by atoms with Crippen molar-refractivity contribution in [2.45, 2.75) is 50.5 Å². The molecule has 0 aliphatic rings. The highest BCUT2D eigenvalue weighted by atomic mass is 32.2. The summed E-state index contributed by atoms with van der Waals surface area (Å²) in [6.07, 6.45) is 1.86. The number of sulfonamides is 1. The van der Waals surface area contributed by atoms with Gasteiger partial charge in [0.05, 0.1) is 4.90 Å². The minimum Gasteiger partial charge on any atom is -0.481 e. The van der Waals surface area contributed by atoms with Crippen LogP contribution in [0.5, 0.6) is 0 Å². The molecule has 20 heavy (non-hydrogen) atoms. The largest absolute Gasteiger partial charge is 0.481 e. The third kappa shape index (κ3) is 5.30. The number of carboxylic acids is 1. The SMILES string of the molecule is CCc1ccc(S(=O)(=O)NC(C)CCCC(=O)O)cc1. The van der Waals surface area contributed by atoms with Gasteiger partial charge in [0, 0.05) is 12.5 Å². The van der Waals surface area contributed by atoms with E-state index in [4.69, 9.17) is 5.11 Å². The van der Waals surface area contributed by atoms with E-state index in [-0.39, 0.29) is 17.4 Å². The molecular formula is C14H21NO4S. The van der Waals surface area contributed by atoms with E-state index >= 15 is 0 Å². The van der Waals surface area contributed by atoms with Crippen LogP contribution in [0.2, 0.25) is 0 Å². The van der Waals surface area contributed by atoms with Crippen LogP contribution in [0.15, 0.2) is 29.2 Å². The molecule has 0 saturated carbocycles. The van der Waals surface area contributed by atoms with Crippen molar-refractivity contribution >= 4 is 16.0 Å². The van der Waals surface area contributed by atoms with E-state index in [0.717, 1.165) is 12.0 Å². The second-order valence-corrected chi connectivity index (χ2v) is 6.52. The Morgan fingerprint density at radius 2 is 1.90 bits per heavy atom. The fourth-order valence-corrected chi connectivity index (χ4v) is 3.13. The lowest BCUT2D eigenvalue weighted by Gasteiger charge is -2.14. The molecule has 0 radical (unpaired) electrons. The molecule has 1 unspecified atom stereocenters. The van der Waals surface area contributed by atoms with Crippen LogP contribution in [0.25, 0.3) is 0 Å². The van der Waals surface area contributed by atoms with Gasteiger partial charge in [-0.2, -0.15) is 0 Å². The van der Waals surface area contributed by atoms with Crippen molar-refractivity contribution in [2.24, 2.45) is 0 Å². The van der Waals surface area contributed by atoms with E-state index < -0.39 is 16.0 Å². The van der Waals surface area contributed by atoms with Crippen LogP contribution >= 0.6 is 0 Å².